The third-order valence-corrected chi connectivity index (χ3v) is 6.38. The van der Waals surface area contributed by atoms with Gasteiger partial charge in [-0.25, -0.2) is 14.4 Å². The van der Waals surface area contributed by atoms with Crippen LogP contribution in [0.25, 0.3) is 17.0 Å². The van der Waals surface area contributed by atoms with Crippen LogP contribution in [-0.2, 0) is 11.3 Å². The van der Waals surface area contributed by atoms with Crippen molar-refractivity contribution < 1.29 is 14.0 Å². The Morgan fingerprint density at radius 2 is 2.12 bits per heavy atom. The first-order valence-corrected chi connectivity index (χ1v) is 11.5. The number of carbonyl (C=O) groups is 2. The number of amides is 2. The van der Waals surface area contributed by atoms with E-state index in [1.807, 2.05) is 12.1 Å². The predicted molar refractivity (Wildman–Crippen MR) is 125 cm³/mol. The molecular weight excluding hydrogens is 443 g/mol. The molecule has 2 aromatic heterocycles. The molecule has 10 heteroatoms. The van der Waals surface area contributed by atoms with Crippen LogP contribution in [0.1, 0.15) is 24.2 Å². The van der Waals surface area contributed by atoms with Crippen LogP contribution in [0.4, 0.5) is 15.1 Å². The average Bonchev–Trinajstić information content (AvgIpc) is 3.14. The Hall–Kier alpha value is -3.37. The van der Waals surface area contributed by atoms with Crippen molar-refractivity contribution in [3.8, 4) is 0 Å². The number of anilines is 1. The molecule has 168 valence electrons. The summed E-state index contributed by atoms with van der Waals surface area (Å²) in [5, 5.41) is 6.21. The molecule has 2 aliphatic rings. The molecule has 8 nitrogen and oxygen atoms in total. The number of halogens is 1. The molecule has 0 spiro atoms. The van der Waals surface area contributed by atoms with Gasteiger partial charge in [-0.2, -0.15) is 0 Å². The van der Waals surface area contributed by atoms with E-state index in [-0.39, 0.29) is 17.1 Å². The minimum absolute atomic E-state index is 0.240. The third kappa shape index (κ3) is 5.01. The second kappa shape index (κ2) is 9.24. The summed E-state index contributed by atoms with van der Waals surface area (Å²) in [6, 6.07) is 10.4. The van der Waals surface area contributed by atoms with Crippen molar-refractivity contribution in [1.82, 2.24) is 25.6 Å². The molecule has 2 saturated heterocycles. The van der Waals surface area contributed by atoms with Gasteiger partial charge in [0.25, 0.3) is 11.1 Å². The van der Waals surface area contributed by atoms with Crippen LogP contribution in [-0.4, -0.2) is 45.2 Å². The number of thioether (sulfide) groups is 1. The van der Waals surface area contributed by atoms with Gasteiger partial charge in [0.05, 0.1) is 21.8 Å². The maximum atomic E-state index is 13.4. The molecule has 0 bridgehead atoms. The van der Waals surface area contributed by atoms with Crippen LogP contribution in [0.3, 0.4) is 0 Å². The Morgan fingerprint density at radius 1 is 1.21 bits per heavy atom. The summed E-state index contributed by atoms with van der Waals surface area (Å²) >= 11 is 0.869. The summed E-state index contributed by atoms with van der Waals surface area (Å²) in [5.74, 6) is -0.0741. The minimum Gasteiger partial charge on any atom is -0.339 e. The lowest BCUT2D eigenvalue weighted by molar-refractivity contribution is -0.115. The normalized spacial score (nSPS) is 20.0. The summed E-state index contributed by atoms with van der Waals surface area (Å²) < 4.78 is 13.4. The maximum absolute atomic E-state index is 13.4. The van der Waals surface area contributed by atoms with E-state index in [2.05, 4.69) is 30.5 Å². The Bertz CT molecular complexity index is 1270. The largest absolute Gasteiger partial charge is 0.339 e. The second-order valence-corrected chi connectivity index (χ2v) is 8.95. The van der Waals surface area contributed by atoms with Gasteiger partial charge in [-0.15, -0.1) is 0 Å². The lowest BCUT2D eigenvalue weighted by Crippen LogP contribution is -2.46. The monoisotopic (exact) mass is 464 g/mol. The number of aromatic nitrogens is 3. The molecule has 2 fully saturated rings. The van der Waals surface area contributed by atoms with Crippen molar-refractivity contribution in [2.45, 2.75) is 25.4 Å². The molecule has 1 aromatic carbocycles. The molecule has 33 heavy (non-hydrogen) atoms. The van der Waals surface area contributed by atoms with Crippen LogP contribution >= 0.6 is 11.8 Å². The van der Waals surface area contributed by atoms with Gasteiger partial charge in [-0.3, -0.25) is 19.9 Å². The molecule has 2 N–H and O–H groups in total. The first-order chi connectivity index (χ1) is 16.0. The van der Waals surface area contributed by atoms with Crippen molar-refractivity contribution in [1.29, 1.82) is 0 Å². The zero-order chi connectivity index (χ0) is 22.8. The highest BCUT2D eigenvalue weighted by Crippen LogP contribution is 2.25. The van der Waals surface area contributed by atoms with Crippen LogP contribution in [0.5, 0.6) is 0 Å². The number of hydrogen-bond donors (Lipinski definition) is 2. The van der Waals surface area contributed by atoms with Crippen molar-refractivity contribution in [3.05, 3.63) is 64.7 Å². The SMILES string of the molecule is O=C1NC(=O)/C(=C/c2ccnc(N3CCC[C@H](NCc4ccc5cc(F)ccc5n4)C3)n2)S1. The summed E-state index contributed by atoms with van der Waals surface area (Å²) in [7, 11) is 0. The number of benzene rings is 1. The number of nitrogens with one attached hydrogen (secondary N) is 2. The molecule has 2 amide bonds. The van der Waals surface area contributed by atoms with Gasteiger partial charge in [-0.1, -0.05) is 6.07 Å². The Balaban J connectivity index is 1.24. The summed E-state index contributed by atoms with van der Waals surface area (Å²) in [4.78, 5) is 39.2. The predicted octanol–water partition coefficient (Wildman–Crippen LogP) is 3.25. The van der Waals surface area contributed by atoms with Gasteiger partial charge in [0, 0.05) is 37.3 Å². The lowest BCUT2D eigenvalue weighted by Gasteiger charge is -2.33. The fourth-order valence-electron chi connectivity index (χ4n) is 3.96. The number of hydrogen-bond acceptors (Lipinski definition) is 8. The summed E-state index contributed by atoms with van der Waals surface area (Å²) in [6.07, 6.45) is 5.28. The van der Waals surface area contributed by atoms with Gasteiger partial charge in [0.15, 0.2) is 0 Å². The smallest absolute Gasteiger partial charge is 0.290 e. The van der Waals surface area contributed by atoms with E-state index >= 15 is 0 Å². The molecule has 0 unspecified atom stereocenters. The van der Waals surface area contributed by atoms with Crippen molar-refractivity contribution in [2.75, 3.05) is 18.0 Å². The zero-order valence-corrected chi connectivity index (χ0v) is 18.4. The highest BCUT2D eigenvalue weighted by molar-refractivity contribution is 8.18. The second-order valence-electron chi connectivity index (χ2n) is 7.94. The van der Waals surface area contributed by atoms with Crippen LogP contribution in [0, 0.1) is 5.82 Å². The van der Waals surface area contributed by atoms with E-state index in [1.54, 1.807) is 24.4 Å². The van der Waals surface area contributed by atoms with Gasteiger partial charge in [0.1, 0.15) is 5.82 Å². The van der Waals surface area contributed by atoms with Gasteiger partial charge in [-0.05, 0) is 61.0 Å². The van der Waals surface area contributed by atoms with E-state index < -0.39 is 5.91 Å². The van der Waals surface area contributed by atoms with E-state index in [4.69, 9.17) is 0 Å². The Morgan fingerprint density at radius 3 is 2.97 bits per heavy atom. The topological polar surface area (TPSA) is 100 Å². The number of carbonyl (C=O) groups excluding carboxylic acids is 2. The van der Waals surface area contributed by atoms with Crippen LogP contribution in [0.2, 0.25) is 0 Å². The minimum atomic E-state index is -0.403. The summed E-state index contributed by atoms with van der Waals surface area (Å²) in [6.45, 7) is 2.19. The number of nitrogens with zero attached hydrogens (tertiary/aromatic N) is 4. The lowest BCUT2D eigenvalue weighted by atomic mass is 10.1. The first-order valence-electron chi connectivity index (χ1n) is 10.6. The summed E-state index contributed by atoms with van der Waals surface area (Å²) in [5.41, 5.74) is 2.26. The molecule has 4 heterocycles. The average molecular weight is 465 g/mol. The zero-order valence-electron chi connectivity index (χ0n) is 17.6. The Kier molecular flexibility index (Phi) is 6.01. The quantitative estimate of drug-likeness (QED) is 0.555. The van der Waals surface area contributed by atoms with Crippen molar-refractivity contribution >= 4 is 45.8 Å². The molecule has 5 rings (SSSR count). The fourth-order valence-corrected chi connectivity index (χ4v) is 4.63. The number of fused-ring (bicyclic) bond motifs is 1. The molecular formula is C23H21FN6O2S. The number of piperidine rings is 1. The molecule has 3 aromatic rings. The number of pyridine rings is 1. The molecule has 2 aliphatic heterocycles. The van der Waals surface area contributed by atoms with Gasteiger partial charge in [0.2, 0.25) is 5.95 Å². The van der Waals surface area contributed by atoms with E-state index in [0.29, 0.717) is 23.1 Å². The van der Waals surface area contributed by atoms with Crippen LogP contribution < -0.4 is 15.5 Å². The number of rotatable bonds is 5. The maximum Gasteiger partial charge on any atom is 0.290 e. The number of imide groups is 1. The van der Waals surface area contributed by atoms with E-state index in [9.17, 15) is 14.0 Å². The molecule has 0 aliphatic carbocycles. The molecule has 1 atom stereocenters. The van der Waals surface area contributed by atoms with Gasteiger partial charge < -0.3 is 10.2 Å². The standard InChI is InChI=1S/C23H21FN6O2S/c24-15-4-6-19-14(10-15)3-5-17(27-19)12-26-18-2-1-9-30(13-18)22-25-8-7-16(28-22)11-20-21(31)29-23(32)33-20/h3-8,10-11,18,26H,1-2,9,12-13H2,(H,29,31,32)/b20-11-/t18-/m0/s1. The highest BCUT2D eigenvalue weighted by atomic mass is 32.2. The van der Waals surface area contributed by atoms with E-state index in [0.717, 1.165) is 54.3 Å². The van der Waals surface area contributed by atoms with Crippen molar-refractivity contribution in [3.63, 3.8) is 0 Å². The first kappa shape index (κ1) is 21.5. The van der Waals surface area contributed by atoms with Crippen molar-refractivity contribution in [2.24, 2.45) is 0 Å². The van der Waals surface area contributed by atoms with Crippen LogP contribution in [0.15, 0.2) is 47.5 Å². The Labute approximate surface area is 193 Å². The van der Waals surface area contributed by atoms with Gasteiger partial charge >= 0.3 is 0 Å². The third-order valence-electron chi connectivity index (χ3n) is 5.57. The fraction of sp³-hybridized carbons (Fsp3) is 0.261. The van der Waals surface area contributed by atoms with E-state index in [1.165, 1.54) is 12.1 Å². The highest BCUT2D eigenvalue weighted by Gasteiger charge is 2.26. The molecule has 0 saturated carbocycles. The molecule has 0 radical (unpaired) electrons.